The number of nitrogens with one attached hydrogen (secondary N) is 2. The van der Waals surface area contributed by atoms with Crippen molar-refractivity contribution >= 4 is 5.91 Å². The lowest BCUT2D eigenvalue weighted by Crippen LogP contribution is -2.55. The highest BCUT2D eigenvalue weighted by Gasteiger charge is 2.36. The molecule has 28 heavy (non-hydrogen) atoms. The molecule has 4 rings (SSSR count). The van der Waals surface area contributed by atoms with E-state index in [0.29, 0.717) is 24.4 Å². The van der Waals surface area contributed by atoms with E-state index in [1.807, 2.05) is 18.5 Å². The van der Waals surface area contributed by atoms with Crippen LogP contribution in [0, 0.1) is 11.8 Å². The molecule has 2 bridgehead atoms. The van der Waals surface area contributed by atoms with Gasteiger partial charge in [0.05, 0.1) is 0 Å². The molecule has 3 heterocycles. The summed E-state index contributed by atoms with van der Waals surface area (Å²) in [6, 6.07) is 5.21. The highest BCUT2D eigenvalue weighted by molar-refractivity contribution is 5.76. The van der Waals surface area contributed by atoms with E-state index in [-0.39, 0.29) is 5.91 Å². The molecule has 2 saturated heterocycles. The summed E-state index contributed by atoms with van der Waals surface area (Å²) in [5.74, 6) is 1.74. The van der Waals surface area contributed by atoms with Gasteiger partial charge < -0.3 is 10.6 Å². The van der Waals surface area contributed by atoms with Crippen molar-refractivity contribution < 1.29 is 4.79 Å². The van der Waals surface area contributed by atoms with E-state index in [1.165, 1.54) is 50.6 Å². The zero-order valence-electron chi connectivity index (χ0n) is 17.1. The molecule has 5 nitrogen and oxygen atoms in total. The lowest BCUT2D eigenvalue weighted by Gasteiger charge is -2.46. The number of hydrogen-bond donors (Lipinski definition) is 2. The van der Waals surface area contributed by atoms with Crippen LogP contribution in [-0.2, 0) is 11.3 Å². The topological polar surface area (TPSA) is 57.3 Å². The summed E-state index contributed by atoms with van der Waals surface area (Å²) in [7, 11) is 0. The Hall–Kier alpha value is -1.46. The third-order valence-corrected chi connectivity index (χ3v) is 6.90. The molecule has 154 valence electrons. The Morgan fingerprint density at radius 2 is 2.14 bits per heavy atom. The largest absolute Gasteiger partial charge is 0.353 e. The summed E-state index contributed by atoms with van der Waals surface area (Å²) < 4.78 is 0. The van der Waals surface area contributed by atoms with Crippen LogP contribution in [0.15, 0.2) is 24.5 Å². The first-order valence-corrected chi connectivity index (χ1v) is 11.4. The van der Waals surface area contributed by atoms with Crippen LogP contribution in [0.3, 0.4) is 0 Å². The average Bonchev–Trinajstić information content (AvgIpc) is 2.71. The maximum atomic E-state index is 12.3. The van der Waals surface area contributed by atoms with Crippen molar-refractivity contribution in [2.45, 2.75) is 76.4 Å². The zero-order chi connectivity index (χ0) is 19.2. The second kappa shape index (κ2) is 9.84. The minimum absolute atomic E-state index is 0.266. The molecule has 2 N–H and O–H groups in total. The molecule has 3 atom stereocenters. The smallest absolute Gasteiger partial charge is 0.220 e. The molecule has 0 radical (unpaired) electrons. The first kappa shape index (κ1) is 19.8. The Bertz CT molecular complexity index is 616. The summed E-state index contributed by atoms with van der Waals surface area (Å²) in [4.78, 5) is 19.1. The summed E-state index contributed by atoms with van der Waals surface area (Å²) in [6.45, 7) is 4.49. The molecule has 1 saturated carbocycles. The lowest BCUT2D eigenvalue weighted by atomic mass is 9.79. The second-order valence-corrected chi connectivity index (χ2v) is 9.23. The zero-order valence-corrected chi connectivity index (χ0v) is 17.1. The van der Waals surface area contributed by atoms with Crippen molar-refractivity contribution in [3.63, 3.8) is 0 Å². The van der Waals surface area contributed by atoms with Crippen molar-refractivity contribution in [1.82, 2.24) is 20.5 Å². The molecule has 2 aliphatic heterocycles. The first-order chi connectivity index (χ1) is 13.8. The van der Waals surface area contributed by atoms with Crippen molar-refractivity contribution in [2.75, 3.05) is 19.6 Å². The van der Waals surface area contributed by atoms with Gasteiger partial charge >= 0.3 is 0 Å². The van der Waals surface area contributed by atoms with E-state index in [4.69, 9.17) is 0 Å². The van der Waals surface area contributed by atoms with Crippen molar-refractivity contribution in [3.8, 4) is 0 Å². The highest BCUT2D eigenvalue weighted by atomic mass is 16.1. The molecule has 1 aromatic heterocycles. The maximum absolute atomic E-state index is 12.3. The Labute approximate surface area is 169 Å². The first-order valence-electron chi connectivity index (χ1n) is 11.4. The molecule has 0 spiro atoms. The van der Waals surface area contributed by atoms with Gasteiger partial charge in [0, 0.05) is 50.5 Å². The molecule has 3 fully saturated rings. The van der Waals surface area contributed by atoms with E-state index in [9.17, 15) is 4.79 Å². The van der Waals surface area contributed by atoms with Crippen LogP contribution in [0.5, 0.6) is 0 Å². The van der Waals surface area contributed by atoms with E-state index in [0.717, 1.165) is 38.4 Å². The van der Waals surface area contributed by atoms with Crippen LogP contribution in [0.2, 0.25) is 0 Å². The van der Waals surface area contributed by atoms with Crippen LogP contribution in [0.1, 0.15) is 63.4 Å². The number of hydrogen-bond acceptors (Lipinski definition) is 4. The molecule has 5 heteroatoms. The standard InChI is InChI=1S/C23H36N4O/c28-23(26-21-7-2-1-3-8-21)10-4-9-22-20-12-19(14-25-22)16-27(17-20)15-18-6-5-11-24-13-18/h5-6,11,13,19-22,25H,1-4,7-10,12,14-17H2,(H,26,28)/t19?,20?,22-/m1/s1. The summed E-state index contributed by atoms with van der Waals surface area (Å²) in [6.07, 6.45) is 14.2. The molecule has 0 aromatic carbocycles. The summed E-state index contributed by atoms with van der Waals surface area (Å²) in [5.41, 5.74) is 1.31. The number of piperidine rings is 2. The van der Waals surface area contributed by atoms with Gasteiger partial charge in [-0.1, -0.05) is 25.3 Å². The number of likely N-dealkylation sites (tertiary alicyclic amines) is 1. The summed E-state index contributed by atoms with van der Waals surface area (Å²) >= 11 is 0. The SMILES string of the molecule is O=C(CCC[C@H]1NCC2CC1CN(Cc1cccnc1)C2)NC1CCCCC1. The second-order valence-electron chi connectivity index (χ2n) is 9.23. The minimum Gasteiger partial charge on any atom is -0.353 e. The fourth-order valence-electron chi connectivity index (χ4n) is 5.52. The van der Waals surface area contributed by atoms with Crippen LogP contribution >= 0.6 is 0 Å². The third kappa shape index (κ3) is 5.54. The third-order valence-electron chi connectivity index (χ3n) is 6.90. The number of nitrogens with zero attached hydrogens (tertiary/aromatic N) is 2. The van der Waals surface area contributed by atoms with E-state index in [1.54, 1.807) is 0 Å². The minimum atomic E-state index is 0.266. The number of aromatic nitrogens is 1. The number of carbonyl (C=O) groups is 1. The van der Waals surface area contributed by atoms with Gasteiger partial charge in [-0.2, -0.15) is 0 Å². The van der Waals surface area contributed by atoms with Gasteiger partial charge in [0.2, 0.25) is 5.91 Å². The molecule has 1 aromatic rings. The Morgan fingerprint density at radius 3 is 2.96 bits per heavy atom. The van der Waals surface area contributed by atoms with Gasteiger partial charge in [0.1, 0.15) is 0 Å². The molecule has 2 unspecified atom stereocenters. The van der Waals surface area contributed by atoms with Gasteiger partial charge in [0.25, 0.3) is 0 Å². The van der Waals surface area contributed by atoms with E-state index in [2.05, 4.69) is 26.6 Å². The lowest BCUT2D eigenvalue weighted by molar-refractivity contribution is -0.122. The fraction of sp³-hybridized carbons (Fsp3) is 0.739. The van der Waals surface area contributed by atoms with Gasteiger partial charge in [-0.25, -0.2) is 0 Å². The van der Waals surface area contributed by atoms with Crippen molar-refractivity contribution in [3.05, 3.63) is 30.1 Å². The average molecular weight is 385 g/mol. The molecule has 1 aliphatic carbocycles. The maximum Gasteiger partial charge on any atom is 0.220 e. The monoisotopic (exact) mass is 384 g/mol. The van der Waals surface area contributed by atoms with Crippen LogP contribution < -0.4 is 10.6 Å². The quantitative estimate of drug-likeness (QED) is 0.758. The predicted molar refractivity (Wildman–Crippen MR) is 112 cm³/mol. The van der Waals surface area contributed by atoms with Gasteiger partial charge in [0.15, 0.2) is 0 Å². The molecule has 1 amide bonds. The Balaban J connectivity index is 1.20. The van der Waals surface area contributed by atoms with Crippen LogP contribution in [0.4, 0.5) is 0 Å². The number of amides is 1. The predicted octanol–water partition coefficient (Wildman–Crippen LogP) is 3.11. The fourth-order valence-corrected chi connectivity index (χ4v) is 5.52. The van der Waals surface area contributed by atoms with Crippen molar-refractivity contribution in [2.24, 2.45) is 11.8 Å². The molecular weight excluding hydrogens is 348 g/mol. The highest BCUT2D eigenvalue weighted by Crippen LogP contribution is 2.31. The Kier molecular flexibility index (Phi) is 6.97. The number of rotatable bonds is 7. The molecular formula is C23H36N4O. The number of carbonyl (C=O) groups excluding carboxylic acids is 1. The summed E-state index contributed by atoms with van der Waals surface area (Å²) in [5, 5.41) is 7.05. The number of fused-ring (bicyclic) bond motifs is 2. The van der Waals surface area contributed by atoms with Gasteiger partial charge in [-0.3, -0.25) is 14.7 Å². The van der Waals surface area contributed by atoms with Gasteiger partial charge in [-0.15, -0.1) is 0 Å². The van der Waals surface area contributed by atoms with Crippen LogP contribution in [-0.4, -0.2) is 47.5 Å². The van der Waals surface area contributed by atoms with Gasteiger partial charge in [-0.05, 0) is 62.1 Å². The van der Waals surface area contributed by atoms with E-state index >= 15 is 0 Å². The Morgan fingerprint density at radius 1 is 1.25 bits per heavy atom. The van der Waals surface area contributed by atoms with E-state index < -0.39 is 0 Å². The van der Waals surface area contributed by atoms with Crippen molar-refractivity contribution in [1.29, 1.82) is 0 Å². The van der Waals surface area contributed by atoms with Crippen LogP contribution in [0.25, 0.3) is 0 Å². The molecule has 3 aliphatic rings. The normalized spacial score (nSPS) is 28.8. The number of pyridine rings is 1.